The molecule has 3 aromatic rings. The molecule has 120 valence electrons. The lowest BCUT2D eigenvalue weighted by molar-refractivity contribution is 0.399. The minimum Gasteiger partial charge on any atom is -0.400 e. The standard InChI is InChI=1S/C12H9N5O2S2.CH4O/c13-11-14-9-8(21-11)10(18)16-12(15-9)20-5-6-3-1-2-4-7(6)17-19;1-2/h1-4H,5H2,(H3,13,14,15,16,18);2H,1H3. The molecule has 0 unspecified atom stereocenters. The second-order valence-corrected chi connectivity index (χ2v) is 6.08. The molecule has 0 saturated carbocycles. The van der Waals surface area contributed by atoms with Gasteiger partial charge in [0.05, 0.1) is 0 Å². The predicted molar refractivity (Wildman–Crippen MR) is 92.0 cm³/mol. The van der Waals surface area contributed by atoms with Crippen molar-refractivity contribution in [3.63, 3.8) is 0 Å². The first-order chi connectivity index (χ1) is 11.2. The van der Waals surface area contributed by atoms with E-state index in [4.69, 9.17) is 10.8 Å². The maximum absolute atomic E-state index is 11.9. The number of fused-ring (bicyclic) bond motifs is 1. The van der Waals surface area contributed by atoms with E-state index in [1.807, 2.05) is 6.07 Å². The number of hydrogen-bond donors (Lipinski definition) is 3. The fourth-order valence-corrected chi connectivity index (χ4v) is 3.29. The van der Waals surface area contributed by atoms with Crippen molar-refractivity contribution in [2.75, 3.05) is 12.8 Å². The maximum atomic E-state index is 11.9. The van der Waals surface area contributed by atoms with E-state index >= 15 is 0 Å². The normalized spacial score (nSPS) is 10.2. The number of nitrogens with zero attached hydrogens (tertiary/aromatic N) is 3. The number of thiazole rings is 1. The number of aromatic nitrogens is 3. The van der Waals surface area contributed by atoms with Gasteiger partial charge in [0.15, 0.2) is 15.9 Å². The van der Waals surface area contributed by atoms with E-state index in [2.05, 4.69) is 20.1 Å². The highest BCUT2D eigenvalue weighted by atomic mass is 32.2. The van der Waals surface area contributed by atoms with Crippen LogP contribution >= 0.6 is 23.1 Å². The monoisotopic (exact) mass is 351 g/mol. The van der Waals surface area contributed by atoms with Crippen LogP contribution in [-0.4, -0.2) is 27.2 Å². The summed E-state index contributed by atoms with van der Waals surface area (Å²) in [5.74, 6) is 0.468. The summed E-state index contributed by atoms with van der Waals surface area (Å²) >= 11 is 2.40. The van der Waals surface area contributed by atoms with Gasteiger partial charge < -0.3 is 15.8 Å². The van der Waals surface area contributed by atoms with Gasteiger partial charge in [0.1, 0.15) is 10.4 Å². The molecule has 23 heavy (non-hydrogen) atoms. The number of thioether (sulfide) groups is 1. The zero-order valence-corrected chi connectivity index (χ0v) is 13.6. The molecule has 0 spiro atoms. The molecule has 0 aliphatic rings. The van der Waals surface area contributed by atoms with Crippen LogP contribution in [0.15, 0.2) is 39.4 Å². The third-order valence-electron chi connectivity index (χ3n) is 2.71. The van der Waals surface area contributed by atoms with Crippen molar-refractivity contribution in [1.29, 1.82) is 0 Å². The molecule has 3 rings (SSSR count). The van der Waals surface area contributed by atoms with Crippen molar-refractivity contribution < 1.29 is 5.11 Å². The van der Waals surface area contributed by atoms with E-state index in [1.54, 1.807) is 18.2 Å². The first-order valence-electron chi connectivity index (χ1n) is 6.32. The highest BCUT2D eigenvalue weighted by Gasteiger charge is 2.10. The number of aromatic amines is 1. The summed E-state index contributed by atoms with van der Waals surface area (Å²) in [4.78, 5) is 33.5. The molecule has 0 radical (unpaired) electrons. The Bertz CT molecular complexity index is 877. The topological polar surface area (TPSA) is 134 Å². The van der Waals surface area contributed by atoms with Crippen molar-refractivity contribution in [3.8, 4) is 0 Å². The van der Waals surface area contributed by atoms with E-state index in [0.717, 1.165) is 24.0 Å². The molecule has 0 atom stereocenters. The van der Waals surface area contributed by atoms with Gasteiger partial charge in [-0.05, 0) is 16.8 Å². The van der Waals surface area contributed by atoms with Gasteiger partial charge in [0, 0.05) is 12.9 Å². The highest BCUT2D eigenvalue weighted by molar-refractivity contribution is 7.98. The maximum Gasteiger partial charge on any atom is 0.271 e. The molecule has 0 aliphatic carbocycles. The average Bonchev–Trinajstić information content (AvgIpc) is 2.96. The van der Waals surface area contributed by atoms with Crippen LogP contribution in [0.4, 0.5) is 10.8 Å². The molecule has 0 fully saturated rings. The first kappa shape index (κ1) is 17.1. The second kappa shape index (κ2) is 7.81. The van der Waals surface area contributed by atoms with Crippen LogP contribution in [0.25, 0.3) is 10.3 Å². The van der Waals surface area contributed by atoms with E-state index in [9.17, 15) is 9.70 Å². The largest absolute Gasteiger partial charge is 0.400 e. The van der Waals surface area contributed by atoms with Gasteiger partial charge in [-0.25, -0.2) is 9.97 Å². The van der Waals surface area contributed by atoms with Crippen molar-refractivity contribution >= 4 is 44.3 Å². The lowest BCUT2D eigenvalue weighted by Crippen LogP contribution is -2.07. The number of hydrogen-bond acceptors (Lipinski definition) is 9. The molecule has 0 aliphatic heterocycles. The number of benzene rings is 1. The molecular weight excluding hydrogens is 338 g/mol. The van der Waals surface area contributed by atoms with Crippen LogP contribution in [0.2, 0.25) is 0 Å². The van der Waals surface area contributed by atoms with Crippen LogP contribution in [0.1, 0.15) is 5.56 Å². The van der Waals surface area contributed by atoms with E-state index in [0.29, 0.717) is 32.1 Å². The Labute approximate surface area is 138 Å². The van der Waals surface area contributed by atoms with Gasteiger partial charge in [0.2, 0.25) is 0 Å². The second-order valence-electron chi connectivity index (χ2n) is 4.08. The highest BCUT2D eigenvalue weighted by Crippen LogP contribution is 2.27. The zero-order valence-electron chi connectivity index (χ0n) is 12.0. The van der Waals surface area contributed by atoms with Gasteiger partial charge >= 0.3 is 0 Å². The summed E-state index contributed by atoms with van der Waals surface area (Å²) < 4.78 is 0.409. The van der Waals surface area contributed by atoms with Crippen molar-refractivity contribution in [1.82, 2.24) is 15.0 Å². The summed E-state index contributed by atoms with van der Waals surface area (Å²) in [6.45, 7) is 0. The quantitative estimate of drug-likeness (QED) is 0.373. The Morgan fingerprint density at radius 1 is 1.35 bits per heavy atom. The molecule has 2 aromatic heterocycles. The Morgan fingerprint density at radius 2 is 2.09 bits per heavy atom. The van der Waals surface area contributed by atoms with Crippen molar-refractivity contribution in [3.05, 3.63) is 45.1 Å². The van der Waals surface area contributed by atoms with Crippen molar-refractivity contribution in [2.24, 2.45) is 5.18 Å². The molecule has 0 saturated heterocycles. The van der Waals surface area contributed by atoms with Crippen LogP contribution in [-0.2, 0) is 5.75 Å². The molecule has 0 amide bonds. The van der Waals surface area contributed by atoms with E-state index in [-0.39, 0.29) is 5.56 Å². The molecule has 2 heterocycles. The molecule has 4 N–H and O–H groups in total. The number of aliphatic hydroxyl groups excluding tert-OH is 1. The van der Waals surface area contributed by atoms with Gasteiger partial charge in [-0.1, -0.05) is 41.3 Å². The van der Waals surface area contributed by atoms with E-state index < -0.39 is 0 Å². The lowest BCUT2D eigenvalue weighted by Gasteiger charge is -2.02. The van der Waals surface area contributed by atoms with Crippen LogP contribution in [0, 0.1) is 4.91 Å². The van der Waals surface area contributed by atoms with Gasteiger partial charge in [0.25, 0.3) is 5.56 Å². The number of aliphatic hydroxyl groups is 1. The number of nitrogens with two attached hydrogens (primary N) is 1. The first-order valence-corrected chi connectivity index (χ1v) is 8.12. The van der Waals surface area contributed by atoms with Gasteiger partial charge in [-0.15, -0.1) is 4.91 Å². The zero-order chi connectivity index (χ0) is 16.8. The van der Waals surface area contributed by atoms with E-state index in [1.165, 1.54) is 11.8 Å². The number of rotatable bonds is 4. The lowest BCUT2D eigenvalue weighted by atomic mass is 10.2. The molecule has 1 aromatic carbocycles. The summed E-state index contributed by atoms with van der Waals surface area (Å²) in [7, 11) is 1.00. The van der Waals surface area contributed by atoms with Crippen LogP contribution in [0.3, 0.4) is 0 Å². The Hall–Kier alpha value is -2.30. The summed E-state index contributed by atoms with van der Waals surface area (Å²) in [6, 6.07) is 7.02. The number of nitrogens with one attached hydrogen (secondary N) is 1. The molecule has 0 bridgehead atoms. The summed E-state index contributed by atoms with van der Waals surface area (Å²) in [5.41, 5.74) is 6.80. The van der Waals surface area contributed by atoms with Gasteiger partial charge in [-0.3, -0.25) is 4.79 Å². The number of anilines is 1. The number of nitrogen functional groups attached to an aromatic ring is 1. The third-order valence-corrected chi connectivity index (χ3v) is 4.51. The minimum atomic E-state index is -0.265. The Morgan fingerprint density at radius 3 is 2.83 bits per heavy atom. The summed E-state index contributed by atoms with van der Waals surface area (Å²) in [6.07, 6.45) is 0. The number of nitroso groups, excluding NO2 is 1. The third kappa shape index (κ3) is 3.92. The van der Waals surface area contributed by atoms with Gasteiger partial charge in [-0.2, -0.15) is 0 Å². The number of H-pyrrole nitrogens is 1. The predicted octanol–water partition coefficient (Wildman–Crippen LogP) is 2.26. The van der Waals surface area contributed by atoms with Crippen LogP contribution in [0.5, 0.6) is 0 Å². The molecule has 8 nitrogen and oxygen atoms in total. The fraction of sp³-hybridized carbons (Fsp3) is 0.154. The Balaban J connectivity index is 0.000000924. The van der Waals surface area contributed by atoms with Crippen molar-refractivity contribution in [2.45, 2.75) is 10.9 Å². The summed E-state index contributed by atoms with van der Waals surface area (Å²) in [5, 5.41) is 10.7. The minimum absolute atomic E-state index is 0.265. The molecular formula is C13H13N5O3S2. The SMILES string of the molecule is CO.Nc1nc2nc(SCc3ccccc3N=O)[nH]c(=O)c2s1. The molecule has 10 heteroatoms. The fourth-order valence-electron chi connectivity index (χ4n) is 1.77. The Kier molecular flexibility index (Phi) is 5.79. The smallest absolute Gasteiger partial charge is 0.271 e. The average molecular weight is 351 g/mol. The van der Waals surface area contributed by atoms with Crippen LogP contribution < -0.4 is 11.3 Å².